The number of hydrogen-bond acceptors (Lipinski definition) is 4. The SMILES string of the molecule is O=C(NOCCO)c1ccn(-c2cccc(C(F)(F)F)c2)n1. The first kappa shape index (κ1) is 16.0. The van der Waals surface area contributed by atoms with E-state index >= 15 is 0 Å². The molecule has 2 N–H and O–H groups in total. The fourth-order valence-electron chi connectivity index (χ4n) is 1.63. The first-order chi connectivity index (χ1) is 10.4. The second kappa shape index (κ2) is 6.58. The summed E-state index contributed by atoms with van der Waals surface area (Å²) in [6, 6.07) is 5.90. The third kappa shape index (κ3) is 3.83. The maximum atomic E-state index is 12.7. The zero-order valence-corrected chi connectivity index (χ0v) is 11.2. The molecule has 1 aromatic heterocycles. The Morgan fingerprint density at radius 3 is 2.82 bits per heavy atom. The van der Waals surface area contributed by atoms with Crippen LogP contribution in [0.4, 0.5) is 13.2 Å². The molecular weight excluding hydrogens is 303 g/mol. The number of aliphatic hydroxyl groups excluding tert-OH is 1. The number of rotatable bonds is 5. The lowest BCUT2D eigenvalue weighted by Gasteiger charge is -2.08. The van der Waals surface area contributed by atoms with Gasteiger partial charge in [-0.3, -0.25) is 9.63 Å². The molecule has 0 bridgehead atoms. The van der Waals surface area contributed by atoms with E-state index in [0.717, 1.165) is 16.8 Å². The monoisotopic (exact) mass is 315 g/mol. The number of hydrogen-bond donors (Lipinski definition) is 2. The summed E-state index contributed by atoms with van der Waals surface area (Å²) in [6.45, 7) is -0.348. The predicted octanol–water partition coefficient (Wildman–Crippen LogP) is 1.54. The molecule has 0 atom stereocenters. The normalized spacial score (nSPS) is 11.5. The van der Waals surface area contributed by atoms with Gasteiger partial charge in [-0.25, -0.2) is 10.2 Å². The maximum absolute atomic E-state index is 12.7. The van der Waals surface area contributed by atoms with Gasteiger partial charge in [0.05, 0.1) is 24.5 Å². The highest BCUT2D eigenvalue weighted by atomic mass is 19.4. The van der Waals surface area contributed by atoms with Gasteiger partial charge in [0.1, 0.15) is 0 Å². The lowest BCUT2D eigenvalue weighted by Crippen LogP contribution is -2.25. The largest absolute Gasteiger partial charge is 0.416 e. The van der Waals surface area contributed by atoms with Gasteiger partial charge >= 0.3 is 6.18 Å². The molecule has 22 heavy (non-hydrogen) atoms. The van der Waals surface area contributed by atoms with Crippen LogP contribution < -0.4 is 5.48 Å². The topological polar surface area (TPSA) is 76.4 Å². The van der Waals surface area contributed by atoms with E-state index in [4.69, 9.17) is 5.11 Å². The molecule has 0 unspecified atom stereocenters. The van der Waals surface area contributed by atoms with Crippen LogP contribution in [0.1, 0.15) is 16.1 Å². The van der Waals surface area contributed by atoms with Crippen LogP contribution in [-0.2, 0) is 11.0 Å². The molecule has 0 fully saturated rings. The van der Waals surface area contributed by atoms with Crippen molar-refractivity contribution in [2.75, 3.05) is 13.2 Å². The summed E-state index contributed by atoms with van der Waals surface area (Å²) in [6.07, 6.45) is -3.10. The highest BCUT2D eigenvalue weighted by molar-refractivity contribution is 5.91. The Morgan fingerprint density at radius 2 is 2.14 bits per heavy atom. The van der Waals surface area contributed by atoms with Crippen molar-refractivity contribution in [1.29, 1.82) is 0 Å². The quantitative estimate of drug-likeness (QED) is 0.648. The Balaban J connectivity index is 2.16. The van der Waals surface area contributed by atoms with Crippen molar-refractivity contribution < 1.29 is 27.9 Å². The molecule has 1 heterocycles. The van der Waals surface area contributed by atoms with Gasteiger partial charge in [-0.2, -0.15) is 18.3 Å². The van der Waals surface area contributed by atoms with Gasteiger partial charge in [0.15, 0.2) is 5.69 Å². The van der Waals surface area contributed by atoms with Crippen LogP contribution in [0.2, 0.25) is 0 Å². The number of nitrogens with zero attached hydrogens (tertiary/aromatic N) is 2. The van der Waals surface area contributed by atoms with Crippen LogP contribution in [0.15, 0.2) is 36.5 Å². The fourth-order valence-corrected chi connectivity index (χ4v) is 1.63. The predicted molar refractivity (Wildman–Crippen MR) is 69.1 cm³/mol. The highest BCUT2D eigenvalue weighted by Gasteiger charge is 2.30. The van der Waals surface area contributed by atoms with E-state index < -0.39 is 17.6 Å². The molecule has 6 nitrogen and oxygen atoms in total. The van der Waals surface area contributed by atoms with Gasteiger partial charge in [0.2, 0.25) is 0 Å². The van der Waals surface area contributed by atoms with E-state index in [1.54, 1.807) is 0 Å². The molecule has 1 aromatic carbocycles. The molecular formula is C13H12F3N3O3. The third-order valence-corrected chi connectivity index (χ3v) is 2.62. The average molecular weight is 315 g/mol. The molecule has 2 aromatic rings. The van der Waals surface area contributed by atoms with Crippen molar-refractivity contribution in [1.82, 2.24) is 15.3 Å². The molecule has 0 saturated carbocycles. The summed E-state index contributed by atoms with van der Waals surface area (Å²) in [5, 5.41) is 12.4. The minimum atomic E-state index is -4.46. The molecule has 2 rings (SSSR count). The number of aromatic nitrogens is 2. The van der Waals surface area contributed by atoms with Crippen molar-refractivity contribution in [2.24, 2.45) is 0 Å². The summed E-state index contributed by atoms with van der Waals surface area (Å²) in [5.74, 6) is -0.667. The van der Waals surface area contributed by atoms with Crippen molar-refractivity contribution in [2.45, 2.75) is 6.18 Å². The van der Waals surface area contributed by atoms with Crippen molar-refractivity contribution in [3.63, 3.8) is 0 Å². The molecule has 1 amide bonds. The number of carbonyl (C=O) groups is 1. The number of nitrogens with one attached hydrogen (secondary N) is 1. The first-order valence-corrected chi connectivity index (χ1v) is 6.18. The summed E-state index contributed by atoms with van der Waals surface area (Å²) < 4.78 is 39.1. The summed E-state index contributed by atoms with van der Waals surface area (Å²) >= 11 is 0. The van der Waals surface area contributed by atoms with E-state index in [1.165, 1.54) is 24.4 Å². The van der Waals surface area contributed by atoms with Crippen molar-refractivity contribution in [3.05, 3.63) is 47.8 Å². The first-order valence-electron chi connectivity index (χ1n) is 6.18. The van der Waals surface area contributed by atoms with Gasteiger partial charge in [-0.05, 0) is 24.3 Å². The smallest absolute Gasteiger partial charge is 0.394 e. The van der Waals surface area contributed by atoms with E-state index in [1.807, 2.05) is 5.48 Å². The van der Waals surface area contributed by atoms with Crippen LogP contribution in [0.5, 0.6) is 0 Å². The number of carbonyl (C=O) groups excluding carboxylic acids is 1. The zero-order valence-electron chi connectivity index (χ0n) is 11.2. The molecule has 0 saturated heterocycles. The number of hydroxylamine groups is 1. The van der Waals surface area contributed by atoms with Crippen molar-refractivity contribution >= 4 is 5.91 Å². The minimum Gasteiger partial charge on any atom is -0.394 e. The fraction of sp³-hybridized carbons (Fsp3) is 0.231. The van der Waals surface area contributed by atoms with E-state index in [-0.39, 0.29) is 24.6 Å². The van der Waals surface area contributed by atoms with Gasteiger partial charge in [0.25, 0.3) is 5.91 Å². The second-order valence-corrected chi connectivity index (χ2v) is 4.20. The number of halogens is 3. The Labute approximate surface area is 123 Å². The molecule has 9 heteroatoms. The van der Waals surface area contributed by atoms with E-state index in [2.05, 4.69) is 9.94 Å². The van der Waals surface area contributed by atoms with Crippen LogP contribution >= 0.6 is 0 Å². The van der Waals surface area contributed by atoms with Gasteiger partial charge < -0.3 is 5.11 Å². The minimum absolute atomic E-state index is 0.0321. The Morgan fingerprint density at radius 1 is 1.36 bits per heavy atom. The molecule has 0 radical (unpaired) electrons. The molecule has 0 aliphatic carbocycles. The molecule has 118 valence electrons. The van der Waals surface area contributed by atoms with E-state index in [0.29, 0.717) is 0 Å². The molecule has 0 spiro atoms. The third-order valence-electron chi connectivity index (χ3n) is 2.62. The summed E-state index contributed by atoms with van der Waals surface area (Å²) in [7, 11) is 0. The lowest BCUT2D eigenvalue weighted by atomic mass is 10.2. The molecule has 0 aliphatic heterocycles. The van der Waals surface area contributed by atoms with Crippen LogP contribution in [-0.4, -0.2) is 34.0 Å². The van der Waals surface area contributed by atoms with Gasteiger partial charge in [-0.15, -0.1) is 0 Å². The van der Waals surface area contributed by atoms with Gasteiger partial charge in [-0.1, -0.05) is 6.07 Å². The number of benzene rings is 1. The number of alkyl halides is 3. The second-order valence-electron chi connectivity index (χ2n) is 4.20. The average Bonchev–Trinajstić information content (AvgIpc) is 2.96. The standard InChI is InChI=1S/C13H12F3N3O3/c14-13(15,16)9-2-1-3-10(8-9)19-5-4-11(17-19)12(21)18-22-7-6-20/h1-5,8,20H,6-7H2,(H,18,21). The van der Waals surface area contributed by atoms with Crippen LogP contribution in [0, 0.1) is 0 Å². The summed E-state index contributed by atoms with van der Waals surface area (Å²) in [5.41, 5.74) is 1.38. The highest BCUT2D eigenvalue weighted by Crippen LogP contribution is 2.30. The molecule has 0 aliphatic rings. The zero-order chi connectivity index (χ0) is 16.2. The summed E-state index contributed by atoms with van der Waals surface area (Å²) in [4.78, 5) is 16.2. The Hall–Kier alpha value is -2.39. The van der Waals surface area contributed by atoms with Crippen molar-refractivity contribution in [3.8, 4) is 5.69 Å². The number of aliphatic hydroxyl groups is 1. The van der Waals surface area contributed by atoms with Crippen LogP contribution in [0.25, 0.3) is 5.69 Å². The number of amides is 1. The Bertz CT molecular complexity index is 655. The Kier molecular flexibility index (Phi) is 4.78. The van der Waals surface area contributed by atoms with E-state index in [9.17, 15) is 18.0 Å². The lowest BCUT2D eigenvalue weighted by molar-refractivity contribution is -0.137. The van der Waals surface area contributed by atoms with Gasteiger partial charge in [0, 0.05) is 6.20 Å². The van der Waals surface area contributed by atoms with Crippen LogP contribution in [0.3, 0.4) is 0 Å². The maximum Gasteiger partial charge on any atom is 0.416 e.